The zero-order valence-electron chi connectivity index (χ0n) is 12.8. The van der Waals surface area contributed by atoms with Gasteiger partial charge in [0.05, 0.1) is 18.3 Å². The van der Waals surface area contributed by atoms with Crippen LogP contribution in [-0.4, -0.2) is 23.0 Å². The molecule has 0 aliphatic heterocycles. The lowest BCUT2D eigenvalue weighted by molar-refractivity contribution is 0.0594. The molecule has 0 fully saturated rings. The Kier molecular flexibility index (Phi) is 3.58. The van der Waals surface area contributed by atoms with Gasteiger partial charge in [0.15, 0.2) is 0 Å². The third kappa shape index (κ3) is 2.37. The predicted octanol–water partition coefficient (Wildman–Crippen LogP) is 4.93. The van der Waals surface area contributed by atoms with E-state index in [0.29, 0.717) is 5.69 Å². The van der Waals surface area contributed by atoms with Crippen LogP contribution in [0.2, 0.25) is 0 Å². The van der Waals surface area contributed by atoms with Crippen molar-refractivity contribution in [2.24, 2.45) is 0 Å². The predicted molar refractivity (Wildman–Crippen MR) is 98.1 cm³/mol. The van der Waals surface area contributed by atoms with Crippen LogP contribution in [0.4, 0.5) is 0 Å². The fourth-order valence-electron chi connectivity index (χ4n) is 2.90. The van der Waals surface area contributed by atoms with E-state index >= 15 is 0 Å². The van der Waals surface area contributed by atoms with Gasteiger partial charge in [-0.25, -0.2) is 9.78 Å². The number of fused-ring (bicyclic) bond motifs is 3. The average Bonchev–Trinajstić information content (AvgIpc) is 2.99. The molecule has 0 bridgehead atoms. The van der Waals surface area contributed by atoms with E-state index in [1.54, 1.807) is 6.07 Å². The van der Waals surface area contributed by atoms with Gasteiger partial charge in [0.25, 0.3) is 0 Å². The normalized spacial score (nSPS) is 11.1. The largest absolute Gasteiger partial charge is 0.464 e. The van der Waals surface area contributed by atoms with Gasteiger partial charge in [-0.3, -0.25) is 0 Å². The Balaban J connectivity index is 2.12. The highest BCUT2D eigenvalue weighted by atomic mass is 79.9. The van der Waals surface area contributed by atoms with Gasteiger partial charge in [-0.05, 0) is 24.3 Å². The van der Waals surface area contributed by atoms with Crippen molar-refractivity contribution in [1.29, 1.82) is 0 Å². The van der Waals surface area contributed by atoms with Crippen molar-refractivity contribution < 1.29 is 9.53 Å². The SMILES string of the molecule is COC(=O)c1cc2c([nH]c3ccccc32)c(-c2cccc(Br)c2)n1. The molecule has 0 aliphatic carbocycles. The summed E-state index contributed by atoms with van der Waals surface area (Å²) in [7, 11) is 1.36. The second-order valence-corrected chi connectivity index (χ2v) is 6.37. The number of para-hydroxylation sites is 1. The lowest BCUT2D eigenvalue weighted by Crippen LogP contribution is -2.05. The molecule has 4 rings (SSSR count). The van der Waals surface area contributed by atoms with E-state index in [0.717, 1.165) is 37.5 Å². The molecule has 0 amide bonds. The molecule has 24 heavy (non-hydrogen) atoms. The van der Waals surface area contributed by atoms with Crippen molar-refractivity contribution in [1.82, 2.24) is 9.97 Å². The number of halogens is 1. The molecule has 0 saturated carbocycles. The topological polar surface area (TPSA) is 55.0 Å². The van der Waals surface area contributed by atoms with Crippen LogP contribution in [0.5, 0.6) is 0 Å². The fraction of sp³-hybridized carbons (Fsp3) is 0.0526. The summed E-state index contributed by atoms with van der Waals surface area (Å²) in [5.74, 6) is -0.446. The van der Waals surface area contributed by atoms with Crippen LogP contribution in [0.15, 0.2) is 59.1 Å². The molecule has 4 nitrogen and oxygen atoms in total. The highest BCUT2D eigenvalue weighted by Crippen LogP contribution is 2.33. The Morgan fingerprint density at radius 2 is 1.92 bits per heavy atom. The maximum Gasteiger partial charge on any atom is 0.356 e. The molecule has 0 unspecified atom stereocenters. The minimum absolute atomic E-state index is 0.296. The molecule has 118 valence electrons. The number of aromatic amines is 1. The first-order valence-electron chi connectivity index (χ1n) is 7.43. The summed E-state index contributed by atoms with van der Waals surface area (Å²) < 4.78 is 5.82. The number of nitrogens with zero attached hydrogens (tertiary/aromatic N) is 1. The van der Waals surface area contributed by atoms with Gasteiger partial charge in [-0.15, -0.1) is 0 Å². The number of aromatic nitrogens is 2. The molecular weight excluding hydrogens is 368 g/mol. The smallest absolute Gasteiger partial charge is 0.356 e. The first kappa shape index (κ1) is 14.9. The molecule has 2 aromatic carbocycles. The maximum absolute atomic E-state index is 12.1. The van der Waals surface area contributed by atoms with E-state index in [1.807, 2.05) is 48.5 Å². The van der Waals surface area contributed by atoms with Crippen LogP contribution >= 0.6 is 15.9 Å². The number of H-pyrrole nitrogens is 1. The van der Waals surface area contributed by atoms with E-state index < -0.39 is 5.97 Å². The number of hydrogen-bond acceptors (Lipinski definition) is 3. The number of carbonyl (C=O) groups excluding carboxylic acids is 1. The zero-order valence-corrected chi connectivity index (χ0v) is 14.4. The van der Waals surface area contributed by atoms with Gasteiger partial charge in [0.1, 0.15) is 5.69 Å². The van der Waals surface area contributed by atoms with E-state index in [1.165, 1.54) is 7.11 Å². The number of ether oxygens (including phenoxy) is 1. The van der Waals surface area contributed by atoms with Crippen LogP contribution in [0.1, 0.15) is 10.5 Å². The summed E-state index contributed by atoms with van der Waals surface area (Å²) in [5, 5.41) is 2.01. The molecule has 0 radical (unpaired) electrons. The number of methoxy groups -OCH3 is 1. The summed E-state index contributed by atoms with van der Waals surface area (Å²) >= 11 is 3.49. The number of rotatable bonds is 2. The van der Waals surface area contributed by atoms with Gasteiger partial charge >= 0.3 is 5.97 Å². The van der Waals surface area contributed by atoms with Gasteiger partial charge < -0.3 is 9.72 Å². The number of hydrogen-bond donors (Lipinski definition) is 1. The summed E-state index contributed by atoms with van der Waals surface area (Å²) in [4.78, 5) is 20.0. The number of pyridine rings is 1. The van der Waals surface area contributed by atoms with Crippen molar-refractivity contribution in [3.63, 3.8) is 0 Å². The van der Waals surface area contributed by atoms with Crippen molar-refractivity contribution in [3.8, 4) is 11.3 Å². The molecule has 0 aliphatic rings. The van der Waals surface area contributed by atoms with E-state index in [2.05, 4.69) is 25.9 Å². The van der Waals surface area contributed by atoms with Gasteiger partial charge in [-0.2, -0.15) is 0 Å². The molecule has 2 aromatic heterocycles. The molecule has 2 heterocycles. The van der Waals surface area contributed by atoms with E-state index in [9.17, 15) is 4.79 Å². The lowest BCUT2D eigenvalue weighted by Gasteiger charge is -2.07. The molecule has 0 spiro atoms. The number of nitrogens with one attached hydrogen (secondary N) is 1. The first-order chi connectivity index (χ1) is 11.7. The van der Waals surface area contributed by atoms with Gasteiger partial charge in [0.2, 0.25) is 0 Å². The minimum atomic E-state index is -0.446. The molecule has 0 atom stereocenters. The first-order valence-corrected chi connectivity index (χ1v) is 8.22. The highest BCUT2D eigenvalue weighted by molar-refractivity contribution is 9.10. The van der Waals surface area contributed by atoms with Gasteiger partial charge in [-0.1, -0.05) is 46.3 Å². The standard InChI is InChI=1S/C19H13BrN2O2/c1-24-19(23)16-10-14-13-7-2-3-8-15(13)21-18(14)17(22-16)11-5-4-6-12(20)9-11/h2-10,21H,1H3. The monoisotopic (exact) mass is 380 g/mol. The average molecular weight is 381 g/mol. The Morgan fingerprint density at radius 3 is 2.71 bits per heavy atom. The van der Waals surface area contributed by atoms with Crippen LogP contribution in [0.25, 0.3) is 33.1 Å². The van der Waals surface area contributed by atoms with Crippen molar-refractivity contribution >= 4 is 43.7 Å². The molecule has 4 aromatic rings. The van der Waals surface area contributed by atoms with Crippen LogP contribution < -0.4 is 0 Å². The summed E-state index contributed by atoms with van der Waals surface area (Å²) in [6, 6.07) is 17.6. The van der Waals surface area contributed by atoms with Crippen LogP contribution in [0.3, 0.4) is 0 Å². The van der Waals surface area contributed by atoms with Crippen molar-refractivity contribution in [2.45, 2.75) is 0 Å². The van der Waals surface area contributed by atoms with E-state index in [-0.39, 0.29) is 0 Å². The second kappa shape index (κ2) is 5.76. The molecule has 5 heteroatoms. The quantitative estimate of drug-likeness (QED) is 0.501. The van der Waals surface area contributed by atoms with Crippen LogP contribution in [0, 0.1) is 0 Å². The Hall–Kier alpha value is -2.66. The second-order valence-electron chi connectivity index (χ2n) is 5.45. The summed E-state index contributed by atoms with van der Waals surface area (Å²) in [6.07, 6.45) is 0. The number of carbonyl (C=O) groups is 1. The zero-order chi connectivity index (χ0) is 16.7. The maximum atomic E-state index is 12.1. The Morgan fingerprint density at radius 1 is 1.08 bits per heavy atom. The minimum Gasteiger partial charge on any atom is -0.464 e. The van der Waals surface area contributed by atoms with Crippen molar-refractivity contribution in [2.75, 3.05) is 7.11 Å². The number of esters is 1. The Labute approximate surface area is 146 Å². The highest BCUT2D eigenvalue weighted by Gasteiger charge is 2.17. The number of benzene rings is 2. The Bertz CT molecular complexity index is 1090. The van der Waals surface area contributed by atoms with Crippen molar-refractivity contribution in [3.05, 3.63) is 64.8 Å². The molecule has 0 saturated heterocycles. The summed E-state index contributed by atoms with van der Waals surface area (Å²) in [5.41, 5.74) is 3.86. The summed E-state index contributed by atoms with van der Waals surface area (Å²) in [6.45, 7) is 0. The van der Waals surface area contributed by atoms with Gasteiger partial charge in [0, 0.05) is 26.3 Å². The third-order valence-corrected chi connectivity index (χ3v) is 4.48. The van der Waals surface area contributed by atoms with E-state index in [4.69, 9.17) is 4.74 Å². The van der Waals surface area contributed by atoms with Crippen LogP contribution in [-0.2, 0) is 4.74 Å². The fourth-order valence-corrected chi connectivity index (χ4v) is 3.30. The third-order valence-electron chi connectivity index (χ3n) is 3.99. The lowest BCUT2D eigenvalue weighted by atomic mass is 10.1. The molecular formula is C19H13BrN2O2. The molecule has 1 N–H and O–H groups in total.